The van der Waals surface area contributed by atoms with Crippen LogP contribution >= 0.6 is 11.3 Å². The van der Waals surface area contributed by atoms with E-state index in [1.807, 2.05) is 37.3 Å². The topological polar surface area (TPSA) is 56.6 Å². The zero-order valence-electron chi connectivity index (χ0n) is 17.9. The van der Waals surface area contributed by atoms with E-state index in [0.29, 0.717) is 12.3 Å². The van der Waals surface area contributed by atoms with Crippen LogP contribution in [-0.2, 0) is 26.1 Å². The Morgan fingerprint density at radius 2 is 1.72 bits per heavy atom. The fourth-order valence-electron chi connectivity index (χ4n) is 4.83. The summed E-state index contributed by atoms with van der Waals surface area (Å²) in [5.41, 5.74) is 3.71. The Morgan fingerprint density at radius 3 is 2.47 bits per heavy atom. The van der Waals surface area contributed by atoms with Gasteiger partial charge in [-0.3, -0.25) is 13.8 Å². The molecule has 1 unspecified atom stereocenters. The Morgan fingerprint density at radius 1 is 1.00 bits per heavy atom. The smallest absolute Gasteiger partial charge is 0.264 e. The van der Waals surface area contributed by atoms with Crippen molar-refractivity contribution in [3.05, 3.63) is 98.4 Å². The summed E-state index contributed by atoms with van der Waals surface area (Å²) >= 11 is 1.74. The van der Waals surface area contributed by atoms with E-state index >= 15 is 0 Å². The number of nitrogens with zero attached hydrogens (tertiary/aromatic N) is 4. The molecule has 2 aromatic carbocycles. The van der Waals surface area contributed by atoms with Gasteiger partial charge in [-0.2, -0.15) is 0 Å². The zero-order chi connectivity index (χ0) is 21.7. The Balaban J connectivity index is 1.47. The number of aromatic nitrogens is 4. The second kappa shape index (κ2) is 7.69. The van der Waals surface area contributed by atoms with Gasteiger partial charge in [-0.15, -0.1) is 21.5 Å². The van der Waals surface area contributed by atoms with E-state index in [-0.39, 0.29) is 5.56 Å². The molecule has 0 radical (unpaired) electrons. The number of hydrogen-bond donors (Lipinski definition) is 1. The molecule has 0 fully saturated rings. The lowest BCUT2D eigenvalue weighted by Crippen LogP contribution is -3.10. The summed E-state index contributed by atoms with van der Waals surface area (Å²) < 4.78 is 3.85. The van der Waals surface area contributed by atoms with Crippen molar-refractivity contribution < 1.29 is 4.90 Å². The molecule has 0 spiro atoms. The summed E-state index contributed by atoms with van der Waals surface area (Å²) in [5.74, 6) is 1.44. The minimum absolute atomic E-state index is 0.0489. The van der Waals surface area contributed by atoms with Crippen LogP contribution in [0.15, 0.2) is 65.5 Å². The molecule has 1 aliphatic rings. The second-order valence-electron chi connectivity index (χ2n) is 8.53. The molecule has 1 N–H and O–H groups in total. The normalized spacial score (nSPS) is 16.0. The first-order valence-corrected chi connectivity index (χ1v) is 11.8. The second-order valence-corrected chi connectivity index (χ2v) is 9.62. The summed E-state index contributed by atoms with van der Waals surface area (Å²) in [4.78, 5) is 17.6. The molecule has 1 atom stereocenters. The van der Waals surface area contributed by atoms with Crippen molar-refractivity contribution in [3.63, 3.8) is 0 Å². The average Bonchev–Trinajstić information content (AvgIpc) is 3.38. The minimum Gasteiger partial charge on any atom is -0.326 e. The molecule has 0 aliphatic carbocycles. The molecule has 32 heavy (non-hydrogen) atoms. The van der Waals surface area contributed by atoms with Gasteiger partial charge in [-0.05, 0) is 18.1 Å². The van der Waals surface area contributed by atoms with Gasteiger partial charge in [0.2, 0.25) is 5.78 Å². The summed E-state index contributed by atoms with van der Waals surface area (Å²) in [7, 11) is 0. The van der Waals surface area contributed by atoms with Gasteiger partial charge < -0.3 is 4.90 Å². The van der Waals surface area contributed by atoms with Crippen molar-refractivity contribution in [3.8, 4) is 0 Å². The van der Waals surface area contributed by atoms with Crippen LogP contribution in [0.3, 0.4) is 0 Å². The Kier molecular flexibility index (Phi) is 4.66. The van der Waals surface area contributed by atoms with Crippen molar-refractivity contribution in [2.75, 3.05) is 6.54 Å². The predicted octanol–water partition coefficient (Wildman–Crippen LogP) is 2.60. The number of aryl methyl sites for hydroxylation is 1. The van der Waals surface area contributed by atoms with E-state index in [0.717, 1.165) is 47.7 Å². The van der Waals surface area contributed by atoms with E-state index in [2.05, 4.69) is 44.9 Å². The molecule has 160 valence electrons. The van der Waals surface area contributed by atoms with E-state index in [9.17, 15) is 4.79 Å². The zero-order valence-corrected chi connectivity index (χ0v) is 18.7. The van der Waals surface area contributed by atoms with Gasteiger partial charge >= 0.3 is 0 Å². The van der Waals surface area contributed by atoms with Crippen molar-refractivity contribution in [2.24, 2.45) is 0 Å². The predicted molar refractivity (Wildman–Crippen MR) is 126 cm³/mol. The molecule has 0 bridgehead atoms. The molecule has 0 amide bonds. The van der Waals surface area contributed by atoms with Crippen LogP contribution in [0.1, 0.15) is 27.4 Å². The van der Waals surface area contributed by atoms with E-state index in [1.165, 1.54) is 20.9 Å². The largest absolute Gasteiger partial charge is 0.326 e. The van der Waals surface area contributed by atoms with Crippen LogP contribution in [0, 0.1) is 6.92 Å². The first-order valence-electron chi connectivity index (χ1n) is 11.0. The van der Waals surface area contributed by atoms with Crippen LogP contribution in [0.4, 0.5) is 0 Å². The number of hydrogen-bond acceptors (Lipinski definition) is 4. The molecule has 0 saturated carbocycles. The highest BCUT2D eigenvalue weighted by Gasteiger charge is 2.28. The fourth-order valence-corrected chi connectivity index (χ4v) is 6.29. The van der Waals surface area contributed by atoms with Crippen molar-refractivity contribution in [2.45, 2.75) is 33.0 Å². The first kappa shape index (κ1) is 19.4. The summed E-state index contributed by atoms with van der Waals surface area (Å²) in [6.07, 6.45) is 0.921. The first-order chi connectivity index (χ1) is 15.7. The lowest BCUT2D eigenvalue weighted by Gasteiger charge is -2.23. The molecule has 5 aromatic rings. The number of quaternary nitrogens is 1. The summed E-state index contributed by atoms with van der Waals surface area (Å²) in [6, 6.07) is 20.7. The maximum Gasteiger partial charge on any atom is 0.264 e. The molecule has 6 nitrogen and oxygen atoms in total. The highest BCUT2D eigenvalue weighted by molar-refractivity contribution is 7.18. The Bertz CT molecular complexity index is 1480. The van der Waals surface area contributed by atoms with Crippen molar-refractivity contribution in [1.29, 1.82) is 0 Å². The van der Waals surface area contributed by atoms with Crippen LogP contribution in [0.25, 0.3) is 16.0 Å². The summed E-state index contributed by atoms with van der Waals surface area (Å²) in [5, 5.41) is 9.56. The number of fused-ring (bicyclic) bond motifs is 5. The van der Waals surface area contributed by atoms with Crippen molar-refractivity contribution >= 4 is 27.3 Å². The monoisotopic (exact) mass is 442 g/mol. The lowest BCUT2D eigenvalue weighted by molar-refractivity contribution is -0.929. The Labute approximate surface area is 189 Å². The third kappa shape index (κ3) is 3.16. The maximum atomic E-state index is 13.7. The molecule has 3 aromatic heterocycles. The average molecular weight is 443 g/mol. The third-order valence-corrected chi connectivity index (χ3v) is 7.62. The third-order valence-electron chi connectivity index (χ3n) is 6.40. The fraction of sp³-hybridized carbons (Fsp3) is 0.240. The lowest BCUT2D eigenvalue weighted by atomic mass is 10.0. The van der Waals surface area contributed by atoms with E-state index in [4.69, 9.17) is 0 Å². The molecule has 1 aliphatic heterocycles. The quantitative estimate of drug-likeness (QED) is 0.466. The van der Waals surface area contributed by atoms with Gasteiger partial charge in [0.05, 0.1) is 23.4 Å². The number of rotatable bonds is 4. The molecule has 6 rings (SSSR count). The number of benzene rings is 2. The van der Waals surface area contributed by atoms with E-state index in [1.54, 1.807) is 15.9 Å². The van der Waals surface area contributed by atoms with Gasteiger partial charge in [0.15, 0.2) is 0 Å². The molecular formula is C25H24N5OS+. The van der Waals surface area contributed by atoms with Gasteiger partial charge in [0, 0.05) is 12.0 Å². The van der Waals surface area contributed by atoms with Gasteiger partial charge in [-0.25, -0.2) is 0 Å². The number of thiophene rings is 1. The SMILES string of the molecule is Cc1nnc2n(Cc3ccccc3)c(=O)c3c4c(sc3n12)C[NH+](Cc1ccccc1)CC4. The molecule has 7 heteroatoms. The Hall–Kier alpha value is -3.29. The molecule has 4 heterocycles. The summed E-state index contributed by atoms with van der Waals surface area (Å²) in [6.45, 7) is 5.44. The van der Waals surface area contributed by atoms with Gasteiger partial charge in [0.1, 0.15) is 23.7 Å². The highest BCUT2D eigenvalue weighted by Crippen LogP contribution is 2.31. The maximum absolute atomic E-state index is 13.7. The van der Waals surface area contributed by atoms with Gasteiger partial charge in [-0.1, -0.05) is 60.7 Å². The van der Waals surface area contributed by atoms with Crippen molar-refractivity contribution in [1.82, 2.24) is 19.2 Å². The highest BCUT2D eigenvalue weighted by atomic mass is 32.1. The minimum atomic E-state index is 0.0489. The molecule has 0 saturated heterocycles. The van der Waals surface area contributed by atoms with Crippen LogP contribution in [0.2, 0.25) is 0 Å². The standard InChI is InChI=1S/C25H23N5OS/c1-17-26-27-25-29(15-19-10-6-3-7-11-19)23(31)22-20-12-13-28(14-18-8-4-2-5-9-18)16-21(20)32-24(22)30(17)25/h2-11H,12-16H2,1H3/p+1. The molecular weight excluding hydrogens is 418 g/mol. The van der Waals surface area contributed by atoms with E-state index < -0.39 is 0 Å². The van der Waals surface area contributed by atoms with Crippen LogP contribution in [0.5, 0.6) is 0 Å². The van der Waals surface area contributed by atoms with Crippen LogP contribution in [-0.4, -0.2) is 25.7 Å². The van der Waals surface area contributed by atoms with Crippen LogP contribution < -0.4 is 10.5 Å². The number of nitrogens with one attached hydrogen (secondary N) is 1. The van der Waals surface area contributed by atoms with Gasteiger partial charge in [0.25, 0.3) is 5.56 Å².